The summed E-state index contributed by atoms with van der Waals surface area (Å²) in [6.45, 7) is 2.73. The molecule has 0 saturated heterocycles. The van der Waals surface area contributed by atoms with Crippen LogP contribution in [0.15, 0.2) is 36.4 Å². The van der Waals surface area contributed by atoms with Gasteiger partial charge in [-0.25, -0.2) is 0 Å². The van der Waals surface area contributed by atoms with Crippen molar-refractivity contribution in [3.8, 4) is 5.75 Å². The van der Waals surface area contributed by atoms with Crippen molar-refractivity contribution < 1.29 is 14.4 Å². The Balaban J connectivity index is 1.71. The van der Waals surface area contributed by atoms with Gasteiger partial charge in [-0.05, 0) is 37.3 Å². The number of benzene rings is 1. The van der Waals surface area contributed by atoms with Crippen LogP contribution in [0.5, 0.6) is 5.75 Å². The Morgan fingerprint density at radius 2 is 2.17 bits per heavy atom. The van der Waals surface area contributed by atoms with Gasteiger partial charge in [0.05, 0.1) is 28.1 Å². The molecule has 3 rings (SSSR count). The molecule has 1 amide bonds. The predicted molar refractivity (Wildman–Crippen MR) is 116 cm³/mol. The lowest BCUT2D eigenvalue weighted by molar-refractivity contribution is 0.0498. The van der Waals surface area contributed by atoms with Crippen molar-refractivity contribution in [1.29, 1.82) is 5.41 Å². The number of halogens is 1. The van der Waals surface area contributed by atoms with Crippen LogP contribution in [0, 0.1) is 5.41 Å². The summed E-state index contributed by atoms with van der Waals surface area (Å²) < 4.78 is 6.36. The van der Waals surface area contributed by atoms with Gasteiger partial charge in [0.25, 0.3) is 5.91 Å². The summed E-state index contributed by atoms with van der Waals surface area (Å²) in [5, 5.41) is 11.0. The van der Waals surface area contributed by atoms with Gasteiger partial charge in [-0.15, -0.1) is 11.3 Å². The van der Waals surface area contributed by atoms with Crippen molar-refractivity contribution in [2.24, 2.45) is 0 Å². The van der Waals surface area contributed by atoms with E-state index >= 15 is 0 Å². The number of ether oxygens (including phenoxy) is 1. The average molecular weight is 435 g/mol. The highest BCUT2D eigenvalue weighted by atomic mass is 35.5. The summed E-state index contributed by atoms with van der Waals surface area (Å²) in [6, 6.07) is 9.01. The number of thiophene rings is 1. The lowest BCUT2D eigenvalue weighted by atomic mass is 10.1. The topological polar surface area (TPSA) is 86.7 Å². The maximum absolute atomic E-state index is 12.2. The minimum atomic E-state index is -0.321. The summed E-state index contributed by atoms with van der Waals surface area (Å²) in [7, 11) is 3.66. The zero-order chi connectivity index (χ0) is 21.0. The molecule has 1 aliphatic heterocycles. The largest absolute Gasteiger partial charge is 0.493 e. The van der Waals surface area contributed by atoms with Crippen LogP contribution in [0.3, 0.4) is 0 Å². The van der Waals surface area contributed by atoms with E-state index in [1.54, 1.807) is 17.0 Å². The minimum Gasteiger partial charge on any atom is -0.493 e. The molecule has 0 radical (unpaired) electrons. The molecule has 1 aromatic heterocycles. The minimum absolute atomic E-state index is 0.186. The number of hydroxylamine groups is 1. The summed E-state index contributed by atoms with van der Waals surface area (Å²) in [5.41, 5.74) is 5.27. The Morgan fingerprint density at radius 3 is 2.83 bits per heavy atom. The van der Waals surface area contributed by atoms with E-state index < -0.39 is 0 Å². The fourth-order valence-electron chi connectivity index (χ4n) is 2.78. The molecule has 1 atom stereocenters. The zero-order valence-corrected chi connectivity index (χ0v) is 18.0. The first kappa shape index (κ1) is 21.2. The molecule has 7 nitrogen and oxygen atoms in total. The number of rotatable bonds is 7. The van der Waals surface area contributed by atoms with Gasteiger partial charge in [0.2, 0.25) is 0 Å². The van der Waals surface area contributed by atoms with Crippen molar-refractivity contribution in [3.63, 3.8) is 0 Å². The number of amidine groups is 1. The Kier molecular flexibility index (Phi) is 6.79. The van der Waals surface area contributed by atoms with E-state index in [0.717, 1.165) is 16.8 Å². The van der Waals surface area contributed by atoms with Crippen LogP contribution in [0.25, 0.3) is 5.70 Å². The highest BCUT2D eigenvalue weighted by Gasteiger charge is 2.22. The summed E-state index contributed by atoms with van der Waals surface area (Å²) >= 11 is 7.11. The highest BCUT2D eigenvalue weighted by Crippen LogP contribution is 2.29. The van der Waals surface area contributed by atoms with E-state index in [-0.39, 0.29) is 12.0 Å². The standard InChI is InChI=1S/C20H23ClN4O3S/c1-4-27-16-9-12(19(22)25(2)3)5-6-14(16)15-10-13(28-24-15)11-23-20(26)17-7-8-18(21)29-17/h5-10,13,22,24H,4,11H2,1-3H3,(H,23,26)/t13-/m0/s1. The lowest BCUT2D eigenvalue weighted by Gasteiger charge is -2.17. The average Bonchev–Trinajstić information content (AvgIpc) is 3.35. The van der Waals surface area contributed by atoms with Gasteiger partial charge in [0, 0.05) is 25.2 Å². The highest BCUT2D eigenvalue weighted by molar-refractivity contribution is 7.17. The first-order chi connectivity index (χ1) is 13.9. The molecule has 29 heavy (non-hydrogen) atoms. The molecule has 0 spiro atoms. The smallest absolute Gasteiger partial charge is 0.261 e. The fraction of sp³-hybridized carbons (Fsp3) is 0.300. The third-order valence-corrected chi connectivity index (χ3v) is 5.46. The van der Waals surface area contributed by atoms with Crippen molar-refractivity contribution in [2.75, 3.05) is 27.2 Å². The van der Waals surface area contributed by atoms with E-state index in [0.29, 0.717) is 34.0 Å². The molecule has 0 saturated carbocycles. The SMILES string of the molecule is CCOc1cc(C(=N)N(C)C)ccc1C1=C[C@@H](CNC(=O)c2ccc(Cl)s2)ON1. The van der Waals surface area contributed by atoms with E-state index in [4.69, 9.17) is 26.6 Å². The van der Waals surface area contributed by atoms with Gasteiger partial charge < -0.3 is 15.0 Å². The number of amides is 1. The second-order valence-corrected chi connectivity index (χ2v) is 8.25. The molecule has 3 N–H and O–H groups in total. The van der Waals surface area contributed by atoms with Gasteiger partial charge in [-0.2, -0.15) is 0 Å². The summed E-state index contributed by atoms with van der Waals surface area (Å²) in [6.07, 6.45) is 1.58. The maximum atomic E-state index is 12.2. The van der Waals surface area contributed by atoms with Crippen LogP contribution < -0.4 is 15.5 Å². The Morgan fingerprint density at radius 1 is 1.38 bits per heavy atom. The number of nitrogens with one attached hydrogen (secondary N) is 3. The Hall–Kier alpha value is -2.55. The first-order valence-corrected chi connectivity index (χ1v) is 10.3. The third kappa shape index (κ3) is 5.09. The number of carbonyl (C=O) groups excluding carboxylic acids is 1. The van der Waals surface area contributed by atoms with Gasteiger partial charge in [0.1, 0.15) is 17.7 Å². The second-order valence-electron chi connectivity index (χ2n) is 6.54. The molecule has 1 aliphatic rings. The van der Waals surface area contributed by atoms with E-state index in [9.17, 15) is 4.79 Å². The summed E-state index contributed by atoms with van der Waals surface area (Å²) in [4.78, 5) is 20.0. The van der Waals surface area contributed by atoms with Crippen molar-refractivity contribution in [1.82, 2.24) is 15.7 Å². The maximum Gasteiger partial charge on any atom is 0.261 e. The van der Waals surface area contributed by atoms with E-state index in [2.05, 4.69) is 10.8 Å². The number of nitrogens with zero attached hydrogens (tertiary/aromatic N) is 1. The Labute approximate surface area is 178 Å². The normalized spacial score (nSPS) is 15.4. The molecule has 1 aromatic carbocycles. The van der Waals surface area contributed by atoms with Crippen LogP contribution >= 0.6 is 22.9 Å². The van der Waals surface area contributed by atoms with Crippen LogP contribution in [0.4, 0.5) is 0 Å². The molecular formula is C20H23ClN4O3S. The van der Waals surface area contributed by atoms with Crippen LogP contribution in [0.2, 0.25) is 4.34 Å². The number of hydrogen-bond acceptors (Lipinski definition) is 6. The molecular weight excluding hydrogens is 412 g/mol. The predicted octanol–water partition coefficient (Wildman–Crippen LogP) is 3.36. The van der Waals surface area contributed by atoms with Crippen molar-refractivity contribution in [2.45, 2.75) is 13.0 Å². The monoisotopic (exact) mass is 434 g/mol. The van der Waals surface area contributed by atoms with E-state index in [1.165, 1.54) is 11.3 Å². The molecule has 0 fully saturated rings. The van der Waals surface area contributed by atoms with Gasteiger partial charge in [-0.1, -0.05) is 17.7 Å². The molecule has 2 heterocycles. The van der Waals surface area contributed by atoms with Gasteiger partial charge >= 0.3 is 0 Å². The van der Waals surface area contributed by atoms with Gasteiger partial charge in [-0.3, -0.25) is 20.5 Å². The van der Waals surface area contributed by atoms with Crippen LogP contribution in [-0.4, -0.2) is 50.0 Å². The van der Waals surface area contributed by atoms with Crippen molar-refractivity contribution in [3.05, 3.63) is 56.7 Å². The van der Waals surface area contributed by atoms with Crippen molar-refractivity contribution >= 4 is 40.4 Å². The second kappa shape index (κ2) is 9.30. The number of carbonyl (C=O) groups is 1. The lowest BCUT2D eigenvalue weighted by Crippen LogP contribution is -2.31. The molecule has 0 bridgehead atoms. The zero-order valence-electron chi connectivity index (χ0n) is 16.4. The first-order valence-electron chi connectivity index (χ1n) is 9.09. The summed E-state index contributed by atoms with van der Waals surface area (Å²) in [5.74, 6) is 0.877. The molecule has 0 unspecified atom stereocenters. The third-order valence-electron chi connectivity index (χ3n) is 4.23. The molecule has 0 aliphatic carbocycles. The quantitative estimate of drug-likeness (QED) is 0.459. The molecule has 2 aromatic rings. The van der Waals surface area contributed by atoms with Crippen LogP contribution in [0.1, 0.15) is 27.7 Å². The van der Waals surface area contributed by atoms with Crippen LogP contribution in [-0.2, 0) is 4.84 Å². The molecule has 154 valence electrons. The fourth-order valence-corrected chi connectivity index (χ4v) is 3.74. The molecule has 9 heteroatoms. The van der Waals surface area contributed by atoms with Gasteiger partial charge in [0.15, 0.2) is 0 Å². The number of hydrogen-bond donors (Lipinski definition) is 3. The Bertz CT molecular complexity index is 942. The van der Waals surface area contributed by atoms with E-state index in [1.807, 2.05) is 45.3 Å².